The van der Waals surface area contributed by atoms with Crippen molar-refractivity contribution >= 4 is 5.91 Å². The van der Waals surface area contributed by atoms with Crippen LogP contribution in [0.4, 0.5) is 0 Å². The first kappa shape index (κ1) is 7.75. The maximum Gasteiger partial charge on any atom is 0.247 e. The molecule has 11 heavy (non-hydrogen) atoms. The molecule has 1 radical (unpaired) electrons. The average molecular weight is 150 g/mol. The Morgan fingerprint density at radius 3 is 3.00 bits per heavy atom. The molecule has 0 aliphatic heterocycles. The lowest BCUT2D eigenvalue weighted by Gasteiger charge is -1.96. The Hall–Kier alpha value is -1.35. The predicted octanol–water partition coefficient (Wildman–Crippen LogP) is 0.535. The monoisotopic (exact) mass is 150 g/mol. The van der Waals surface area contributed by atoms with Gasteiger partial charge in [-0.15, -0.1) is 0 Å². The van der Waals surface area contributed by atoms with Gasteiger partial charge in [0, 0.05) is 0 Å². The molecule has 0 atom stereocenters. The first-order valence-corrected chi connectivity index (χ1v) is 3.21. The number of hydrogen-bond acceptors (Lipinski definition) is 2. The van der Waals surface area contributed by atoms with Crippen LogP contribution >= 0.6 is 0 Å². The average Bonchev–Trinajstić information content (AvgIpc) is 2.06. The molecule has 3 heteroatoms. The van der Waals surface area contributed by atoms with Gasteiger partial charge in [-0.2, -0.15) is 0 Å². The highest BCUT2D eigenvalue weighted by Gasteiger charge is 1.99. The topological polar surface area (TPSA) is 49.3 Å². The Labute approximate surface area is 64.6 Å². The maximum absolute atomic E-state index is 10.6. The summed E-state index contributed by atoms with van der Waals surface area (Å²) in [5.41, 5.74) is 2.32. The summed E-state index contributed by atoms with van der Waals surface area (Å²) in [7, 11) is 0. The molecule has 3 nitrogen and oxygen atoms in total. The van der Waals surface area contributed by atoms with Crippen molar-refractivity contribution in [2.45, 2.75) is 6.42 Å². The Bertz CT molecular complexity index is 233. The van der Waals surface area contributed by atoms with Crippen LogP contribution in [0.3, 0.4) is 0 Å². The third kappa shape index (κ3) is 2.39. The third-order valence-electron chi connectivity index (χ3n) is 1.25. The molecule has 1 rings (SSSR count). The molecular formula is C8H8NO2. The van der Waals surface area contributed by atoms with Crippen molar-refractivity contribution in [2.24, 2.45) is 0 Å². The van der Waals surface area contributed by atoms with E-state index in [0.717, 1.165) is 5.56 Å². The molecular weight excluding hydrogens is 142 g/mol. The molecule has 0 aromatic heterocycles. The summed E-state index contributed by atoms with van der Waals surface area (Å²) in [4.78, 5) is 10.6. The van der Waals surface area contributed by atoms with Crippen molar-refractivity contribution in [1.82, 2.24) is 5.48 Å². The molecule has 1 aromatic rings. The van der Waals surface area contributed by atoms with E-state index in [0.29, 0.717) is 0 Å². The van der Waals surface area contributed by atoms with Crippen LogP contribution in [-0.4, -0.2) is 11.1 Å². The van der Waals surface area contributed by atoms with Crippen molar-refractivity contribution < 1.29 is 10.0 Å². The summed E-state index contributed by atoms with van der Waals surface area (Å²) in [6, 6.07) is 9.99. The fourth-order valence-corrected chi connectivity index (χ4v) is 0.753. The zero-order chi connectivity index (χ0) is 8.10. The molecule has 1 amide bonds. The van der Waals surface area contributed by atoms with Crippen molar-refractivity contribution in [3.05, 3.63) is 35.9 Å². The van der Waals surface area contributed by atoms with Gasteiger partial charge in [0.05, 0.1) is 6.42 Å². The fraction of sp³-hybridized carbons (Fsp3) is 0.125. The molecule has 0 spiro atoms. The number of amides is 1. The van der Waals surface area contributed by atoms with E-state index >= 15 is 0 Å². The number of carbonyl (C=O) groups excluding carboxylic acids is 1. The van der Waals surface area contributed by atoms with E-state index in [-0.39, 0.29) is 6.42 Å². The summed E-state index contributed by atoms with van der Waals surface area (Å²) in [5.74, 6) is -0.424. The van der Waals surface area contributed by atoms with Crippen molar-refractivity contribution in [3.63, 3.8) is 0 Å². The highest BCUT2D eigenvalue weighted by Crippen LogP contribution is 1.97. The van der Waals surface area contributed by atoms with Crippen LogP contribution in [0.1, 0.15) is 5.56 Å². The summed E-state index contributed by atoms with van der Waals surface area (Å²) < 4.78 is 0. The summed E-state index contributed by atoms with van der Waals surface area (Å²) in [5, 5.41) is 8.18. The lowest BCUT2D eigenvalue weighted by Crippen LogP contribution is -2.20. The standard InChI is InChI=1S/C8H8NO2/c10-8(9-11)6-7-4-2-1-3-5-7/h1-4,11H,6H2,(H,9,10). The second-order valence-corrected chi connectivity index (χ2v) is 2.10. The van der Waals surface area contributed by atoms with Crippen molar-refractivity contribution in [3.8, 4) is 0 Å². The Morgan fingerprint density at radius 2 is 2.45 bits per heavy atom. The van der Waals surface area contributed by atoms with Gasteiger partial charge in [-0.3, -0.25) is 10.0 Å². The van der Waals surface area contributed by atoms with Crippen LogP contribution in [0.25, 0.3) is 0 Å². The van der Waals surface area contributed by atoms with E-state index in [4.69, 9.17) is 5.21 Å². The van der Waals surface area contributed by atoms with E-state index in [2.05, 4.69) is 6.07 Å². The van der Waals surface area contributed by atoms with Gasteiger partial charge in [-0.05, 0) is 11.6 Å². The minimum absolute atomic E-state index is 0.164. The van der Waals surface area contributed by atoms with Crippen LogP contribution in [0, 0.1) is 6.07 Å². The molecule has 0 saturated heterocycles. The Kier molecular flexibility index (Phi) is 2.63. The van der Waals surface area contributed by atoms with Gasteiger partial charge in [0.25, 0.3) is 0 Å². The lowest BCUT2D eigenvalue weighted by molar-refractivity contribution is -0.128. The smallest absolute Gasteiger partial charge is 0.247 e. The van der Waals surface area contributed by atoms with Crippen molar-refractivity contribution in [1.29, 1.82) is 0 Å². The molecule has 0 saturated carbocycles. The number of nitrogens with one attached hydrogen (secondary N) is 1. The van der Waals surface area contributed by atoms with E-state index in [1.165, 1.54) is 0 Å². The minimum atomic E-state index is -0.424. The molecule has 2 N–H and O–H groups in total. The maximum atomic E-state index is 10.6. The van der Waals surface area contributed by atoms with Gasteiger partial charge < -0.3 is 0 Å². The van der Waals surface area contributed by atoms with Gasteiger partial charge in [-0.1, -0.05) is 24.3 Å². The summed E-state index contributed by atoms with van der Waals surface area (Å²) in [6.07, 6.45) is 0.164. The highest BCUT2D eigenvalue weighted by atomic mass is 16.5. The molecule has 0 unspecified atom stereocenters. The van der Waals surface area contributed by atoms with Crippen LogP contribution < -0.4 is 5.48 Å². The van der Waals surface area contributed by atoms with Crippen LogP contribution in [-0.2, 0) is 11.2 Å². The SMILES string of the molecule is O=C(Cc1[c]cccc1)NO. The van der Waals surface area contributed by atoms with E-state index in [1.54, 1.807) is 17.6 Å². The lowest BCUT2D eigenvalue weighted by atomic mass is 10.1. The van der Waals surface area contributed by atoms with Gasteiger partial charge in [0.2, 0.25) is 5.91 Å². The van der Waals surface area contributed by atoms with E-state index in [9.17, 15) is 4.79 Å². The molecule has 57 valence electrons. The molecule has 0 fully saturated rings. The first-order valence-electron chi connectivity index (χ1n) is 3.21. The predicted molar refractivity (Wildman–Crippen MR) is 38.9 cm³/mol. The number of hydrogen-bond donors (Lipinski definition) is 2. The van der Waals surface area contributed by atoms with Crippen LogP contribution in [0.15, 0.2) is 24.3 Å². The van der Waals surface area contributed by atoms with Crippen LogP contribution in [0.2, 0.25) is 0 Å². The molecule has 0 heterocycles. The number of benzene rings is 1. The number of rotatable bonds is 2. The van der Waals surface area contributed by atoms with Gasteiger partial charge in [0.15, 0.2) is 0 Å². The minimum Gasteiger partial charge on any atom is -0.289 e. The van der Waals surface area contributed by atoms with E-state index in [1.807, 2.05) is 12.1 Å². The fourth-order valence-electron chi connectivity index (χ4n) is 0.753. The third-order valence-corrected chi connectivity index (χ3v) is 1.25. The van der Waals surface area contributed by atoms with Gasteiger partial charge in [0.1, 0.15) is 0 Å². The second-order valence-electron chi connectivity index (χ2n) is 2.10. The second kappa shape index (κ2) is 3.73. The van der Waals surface area contributed by atoms with Gasteiger partial charge in [-0.25, -0.2) is 5.48 Å². The summed E-state index contributed by atoms with van der Waals surface area (Å²) >= 11 is 0. The quantitative estimate of drug-likeness (QED) is 0.477. The normalized spacial score (nSPS) is 9.18. The largest absolute Gasteiger partial charge is 0.289 e. The summed E-state index contributed by atoms with van der Waals surface area (Å²) in [6.45, 7) is 0. The first-order chi connectivity index (χ1) is 5.33. The van der Waals surface area contributed by atoms with Crippen LogP contribution in [0.5, 0.6) is 0 Å². The highest BCUT2D eigenvalue weighted by molar-refractivity contribution is 5.77. The molecule has 1 aromatic carbocycles. The molecule has 0 aliphatic rings. The van der Waals surface area contributed by atoms with Gasteiger partial charge >= 0.3 is 0 Å². The molecule has 0 bridgehead atoms. The number of hydroxylamine groups is 1. The zero-order valence-corrected chi connectivity index (χ0v) is 5.87. The van der Waals surface area contributed by atoms with Crippen molar-refractivity contribution in [2.75, 3.05) is 0 Å². The Balaban J connectivity index is 2.58. The molecule has 0 aliphatic carbocycles. The Morgan fingerprint density at radius 1 is 1.64 bits per heavy atom. The van der Waals surface area contributed by atoms with E-state index < -0.39 is 5.91 Å². The number of carbonyl (C=O) groups is 1. The zero-order valence-electron chi connectivity index (χ0n) is 5.87.